The van der Waals surface area contributed by atoms with Crippen LogP contribution in [0.3, 0.4) is 0 Å². The average molecular weight is 1100 g/mol. The molecule has 0 heterocycles. The van der Waals surface area contributed by atoms with E-state index in [1.165, 1.54) is 19.3 Å². The topological polar surface area (TPSA) is 370 Å². The number of aldehydes is 2. The van der Waals surface area contributed by atoms with Crippen molar-refractivity contribution in [2.24, 2.45) is 0 Å². The minimum atomic E-state index is -1.47. The molecule has 0 aromatic carbocycles. The molecule has 0 aliphatic heterocycles. The summed E-state index contributed by atoms with van der Waals surface area (Å²) >= 11 is 0. The number of carbonyl (C=O) groups is 11. The van der Waals surface area contributed by atoms with Crippen molar-refractivity contribution >= 4 is 65.9 Å². The van der Waals surface area contributed by atoms with Gasteiger partial charge in [-0.2, -0.15) is 0 Å². The molecule has 0 unspecified atom stereocenters. The number of ether oxygens (including phenoxy) is 4. The third-order valence-corrected chi connectivity index (χ3v) is 12.4. The third-order valence-electron chi connectivity index (χ3n) is 12.4. The third kappa shape index (κ3) is 42.1. The minimum absolute atomic E-state index is 0.0344. The highest BCUT2D eigenvalue weighted by Gasteiger charge is 2.26. The molecule has 0 aromatic rings. The zero-order chi connectivity index (χ0) is 57.4. The van der Waals surface area contributed by atoms with Crippen molar-refractivity contribution in [1.29, 1.82) is 0 Å². The van der Waals surface area contributed by atoms with Crippen LogP contribution in [-0.4, -0.2) is 184 Å². The van der Waals surface area contributed by atoms with Gasteiger partial charge in [0.2, 0.25) is 35.4 Å². The van der Waals surface area contributed by atoms with Crippen molar-refractivity contribution < 1.29 is 87.0 Å². The SMILES string of the molecule is CC[C@@](C=O)(CCCCNC(=O)CC[C@H](NC(=O)CC[C@H](NC(=O)COCCOCCNC(=O)COCCOCCNC(=O)CC[C@@H](C=O)NC(=O)CCCCCCCCCCCCCCC(=O)O)C(=O)O)C(=O)O)NC. The molecular weight excluding hydrogens is 1010 g/mol. The number of carbonyl (C=O) groups excluding carboxylic acids is 8. The molecule has 6 amide bonds. The fraction of sp³-hybridized carbons (Fsp3) is 0.788. The van der Waals surface area contributed by atoms with Gasteiger partial charge in [0.25, 0.3) is 0 Å². The highest BCUT2D eigenvalue weighted by Crippen LogP contribution is 2.16. The first-order valence-electron chi connectivity index (χ1n) is 27.3. The van der Waals surface area contributed by atoms with Gasteiger partial charge in [0, 0.05) is 51.7 Å². The number of unbranched alkanes of at least 4 members (excludes halogenated alkanes) is 12. The van der Waals surface area contributed by atoms with Gasteiger partial charge in [-0.25, -0.2) is 9.59 Å². The summed E-state index contributed by atoms with van der Waals surface area (Å²) in [6.07, 6.45) is 16.1. The number of likely N-dealkylation sites (N-methyl/N-ethyl adjacent to an activating group) is 1. The van der Waals surface area contributed by atoms with Gasteiger partial charge in [-0.3, -0.25) is 33.6 Å². The first kappa shape index (κ1) is 71.4. The van der Waals surface area contributed by atoms with E-state index in [1.54, 1.807) is 7.05 Å². The molecule has 0 aliphatic rings. The van der Waals surface area contributed by atoms with E-state index < -0.39 is 78.2 Å². The molecular formula is C52H91N7O18. The van der Waals surface area contributed by atoms with Crippen molar-refractivity contribution in [3.63, 3.8) is 0 Å². The molecule has 77 heavy (non-hydrogen) atoms. The van der Waals surface area contributed by atoms with Gasteiger partial charge in [-0.1, -0.05) is 71.1 Å². The second-order valence-electron chi connectivity index (χ2n) is 18.7. The first-order chi connectivity index (χ1) is 37.0. The van der Waals surface area contributed by atoms with Crippen LogP contribution >= 0.6 is 0 Å². The molecule has 0 bridgehead atoms. The molecule has 0 saturated carbocycles. The Labute approximate surface area is 453 Å². The number of carboxylic acids is 3. The van der Waals surface area contributed by atoms with E-state index >= 15 is 0 Å². The monoisotopic (exact) mass is 1100 g/mol. The summed E-state index contributed by atoms with van der Waals surface area (Å²) in [5, 5.41) is 45.9. The van der Waals surface area contributed by atoms with Gasteiger partial charge in [0.15, 0.2) is 0 Å². The minimum Gasteiger partial charge on any atom is -0.481 e. The van der Waals surface area contributed by atoms with Crippen LogP contribution in [0.2, 0.25) is 0 Å². The summed E-state index contributed by atoms with van der Waals surface area (Å²) in [5.41, 5.74) is -0.614. The van der Waals surface area contributed by atoms with Gasteiger partial charge in [0.1, 0.15) is 37.9 Å². The Bertz CT molecular complexity index is 1720. The number of aliphatic carboxylic acids is 3. The van der Waals surface area contributed by atoms with E-state index in [1.807, 2.05) is 6.92 Å². The predicted molar refractivity (Wildman–Crippen MR) is 281 cm³/mol. The summed E-state index contributed by atoms with van der Waals surface area (Å²) in [6, 6.07) is -3.62. The van der Waals surface area contributed by atoms with Crippen LogP contribution in [-0.2, 0) is 71.7 Å². The maximum Gasteiger partial charge on any atom is 0.326 e. The number of hydrogen-bond donors (Lipinski definition) is 10. The fourth-order valence-electron chi connectivity index (χ4n) is 7.63. The van der Waals surface area contributed by atoms with Gasteiger partial charge in [-0.15, -0.1) is 0 Å². The number of rotatable bonds is 54. The molecule has 0 radical (unpaired) electrons. The Morgan fingerprint density at radius 1 is 0.455 bits per heavy atom. The summed E-state index contributed by atoms with van der Waals surface area (Å²) in [6.45, 7) is 2.47. The van der Waals surface area contributed by atoms with Crippen LogP contribution in [0.15, 0.2) is 0 Å². The van der Waals surface area contributed by atoms with Crippen molar-refractivity contribution in [2.45, 2.75) is 185 Å². The van der Waals surface area contributed by atoms with Crippen LogP contribution in [0.25, 0.3) is 0 Å². The van der Waals surface area contributed by atoms with Crippen molar-refractivity contribution in [3.05, 3.63) is 0 Å². The lowest BCUT2D eigenvalue weighted by Crippen LogP contribution is -2.45. The summed E-state index contributed by atoms with van der Waals surface area (Å²) in [4.78, 5) is 130. The van der Waals surface area contributed by atoms with E-state index in [9.17, 15) is 63.0 Å². The normalized spacial score (nSPS) is 13.0. The standard InChI is InChI=1S/C52H91N7O18/c1-3-52(39-61,53-2)26-16-17-27-54-44(63)24-21-41(50(70)71)58-46(65)25-22-42(51(72)73)59-48(67)38-77-35-33-75-31-29-56-47(66)37-76-34-32-74-30-28-55-43(62)23-20-40(36-60)57-45(64)18-14-12-10-8-6-4-5-7-9-11-13-15-19-49(68)69/h36,39-42,53H,3-35,37-38H2,1-2H3,(H,54,63)(H,55,62)(H,56,66)(H,57,64)(H,58,65)(H,59,67)(H,68,69)(H,70,71)(H,72,73)/t40-,41-,42-,52-/m0/s1. The summed E-state index contributed by atoms with van der Waals surface area (Å²) in [5.74, 6) is -6.41. The van der Waals surface area contributed by atoms with E-state index in [4.69, 9.17) is 24.1 Å². The number of nitrogens with one attached hydrogen (secondary N) is 7. The molecule has 442 valence electrons. The highest BCUT2D eigenvalue weighted by molar-refractivity contribution is 5.87. The Morgan fingerprint density at radius 2 is 0.883 bits per heavy atom. The molecule has 25 nitrogen and oxygen atoms in total. The van der Waals surface area contributed by atoms with Crippen molar-refractivity contribution in [2.75, 3.05) is 79.5 Å². The quantitative estimate of drug-likeness (QED) is 0.0307. The lowest BCUT2D eigenvalue weighted by molar-refractivity contribution is -0.144. The maximum atomic E-state index is 12.5. The van der Waals surface area contributed by atoms with Crippen molar-refractivity contribution in [1.82, 2.24) is 37.2 Å². The zero-order valence-corrected chi connectivity index (χ0v) is 45.6. The second kappa shape index (κ2) is 47.6. The molecule has 0 aliphatic carbocycles. The number of amides is 6. The van der Waals surface area contributed by atoms with Crippen LogP contribution in [0.1, 0.15) is 161 Å². The smallest absolute Gasteiger partial charge is 0.326 e. The highest BCUT2D eigenvalue weighted by atomic mass is 16.5. The molecule has 0 saturated heterocycles. The van der Waals surface area contributed by atoms with E-state index in [0.29, 0.717) is 44.9 Å². The molecule has 0 rings (SSSR count). The fourth-order valence-corrected chi connectivity index (χ4v) is 7.63. The van der Waals surface area contributed by atoms with E-state index in [0.717, 1.165) is 64.1 Å². The second-order valence-corrected chi connectivity index (χ2v) is 18.7. The zero-order valence-electron chi connectivity index (χ0n) is 45.6. The number of hydrogen-bond acceptors (Lipinski definition) is 16. The molecule has 0 aromatic heterocycles. The lowest BCUT2D eigenvalue weighted by atomic mass is 9.91. The Morgan fingerprint density at radius 3 is 1.36 bits per heavy atom. The molecule has 10 N–H and O–H groups in total. The number of carboxylic acid groups (broad SMARTS) is 3. The Hall–Kier alpha value is -5.63. The van der Waals surface area contributed by atoms with Crippen molar-refractivity contribution in [3.8, 4) is 0 Å². The first-order valence-corrected chi connectivity index (χ1v) is 27.3. The average Bonchev–Trinajstić information content (AvgIpc) is 3.40. The van der Waals surface area contributed by atoms with Crippen LogP contribution < -0.4 is 37.2 Å². The predicted octanol–water partition coefficient (Wildman–Crippen LogP) is 1.85. The molecule has 0 spiro atoms. The van der Waals surface area contributed by atoms with Crippen LogP contribution in [0.4, 0.5) is 0 Å². The van der Waals surface area contributed by atoms with Gasteiger partial charge < -0.3 is 81.1 Å². The van der Waals surface area contributed by atoms with Gasteiger partial charge in [-0.05, 0) is 64.8 Å². The summed E-state index contributed by atoms with van der Waals surface area (Å²) in [7, 11) is 1.71. The van der Waals surface area contributed by atoms with Gasteiger partial charge >= 0.3 is 17.9 Å². The maximum absolute atomic E-state index is 12.5. The van der Waals surface area contributed by atoms with E-state index in [-0.39, 0.29) is 110 Å². The van der Waals surface area contributed by atoms with E-state index in [2.05, 4.69) is 37.2 Å². The molecule has 25 heteroatoms. The Balaban J connectivity index is 3.96. The molecule has 4 atom stereocenters. The van der Waals surface area contributed by atoms with Gasteiger partial charge in [0.05, 0.1) is 51.2 Å². The summed E-state index contributed by atoms with van der Waals surface area (Å²) < 4.78 is 21.2. The molecule has 0 fully saturated rings. The largest absolute Gasteiger partial charge is 0.481 e. The van der Waals surface area contributed by atoms with Crippen LogP contribution in [0.5, 0.6) is 0 Å². The Kier molecular flexibility index (Phi) is 44.1. The van der Waals surface area contributed by atoms with Crippen LogP contribution in [0, 0.1) is 0 Å². The lowest BCUT2D eigenvalue weighted by Gasteiger charge is -2.25.